The zero-order chi connectivity index (χ0) is 21.9. The summed E-state index contributed by atoms with van der Waals surface area (Å²) in [7, 11) is 0. The molecule has 0 aromatic rings. The summed E-state index contributed by atoms with van der Waals surface area (Å²) in [6, 6.07) is 0. The second-order valence-electron chi connectivity index (χ2n) is 8.95. The number of hydrogen-bond donors (Lipinski definition) is 0. The number of rotatable bonds is 14. The first-order valence-electron chi connectivity index (χ1n) is 12.4. The standard InChI is InChI=1S/C27H50N2/c1-9-16-18-23(8)27(25(12-4)19-20-28(13-5)14-6)22-29(15-7)21-24(11-3)26(27)17-10-2/h10-11,17,23,25H,3,9,12-16,18-22H2,1-2,4-8H3/b17-10-. The molecule has 3 atom stereocenters. The third-order valence-corrected chi connectivity index (χ3v) is 7.53. The first-order chi connectivity index (χ1) is 14.0. The molecule has 29 heavy (non-hydrogen) atoms. The van der Waals surface area contributed by atoms with E-state index in [2.05, 4.69) is 83.1 Å². The van der Waals surface area contributed by atoms with Crippen LogP contribution in [-0.2, 0) is 0 Å². The minimum atomic E-state index is 0.224. The van der Waals surface area contributed by atoms with E-state index in [0.717, 1.165) is 26.2 Å². The Bertz CT molecular complexity index is 529. The number of hydrogen-bond acceptors (Lipinski definition) is 2. The van der Waals surface area contributed by atoms with E-state index in [1.54, 1.807) is 5.57 Å². The fourth-order valence-electron chi connectivity index (χ4n) is 5.61. The summed E-state index contributed by atoms with van der Waals surface area (Å²) in [6.07, 6.45) is 13.3. The van der Waals surface area contributed by atoms with Crippen LogP contribution in [0.5, 0.6) is 0 Å². The number of allylic oxidation sites excluding steroid dienone is 2. The van der Waals surface area contributed by atoms with Gasteiger partial charge >= 0.3 is 0 Å². The van der Waals surface area contributed by atoms with Crippen molar-refractivity contribution in [2.45, 2.75) is 80.6 Å². The Morgan fingerprint density at radius 1 is 1.14 bits per heavy atom. The first kappa shape index (κ1) is 26.2. The highest BCUT2D eigenvalue weighted by molar-refractivity contribution is 5.42. The fraction of sp³-hybridized carbons (Fsp3) is 0.778. The van der Waals surface area contributed by atoms with E-state index in [1.807, 2.05) is 0 Å². The van der Waals surface area contributed by atoms with Crippen LogP contribution < -0.4 is 0 Å². The zero-order valence-electron chi connectivity index (χ0n) is 20.8. The van der Waals surface area contributed by atoms with E-state index < -0.39 is 0 Å². The van der Waals surface area contributed by atoms with Crippen LogP contribution in [0.15, 0.2) is 36.0 Å². The second-order valence-corrected chi connectivity index (χ2v) is 8.95. The molecule has 0 aromatic heterocycles. The molecule has 0 saturated carbocycles. The molecule has 0 aliphatic carbocycles. The molecule has 0 aromatic carbocycles. The average molecular weight is 403 g/mol. The van der Waals surface area contributed by atoms with Crippen molar-refractivity contribution in [2.75, 3.05) is 39.3 Å². The van der Waals surface area contributed by atoms with E-state index >= 15 is 0 Å². The Hall–Kier alpha value is -0.860. The Morgan fingerprint density at radius 3 is 2.31 bits per heavy atom. The van der Waals surface area contributed by atoms with Gasteiger partial charge in [-0.05, 0) is 68.9 Å². The van der Waals surface area contributed by atoms with Gasteiger partial charge in [0.25, 0.3) is 0 Å². The molecule has 0 N–H and O–H groups in total. The van der Waals surface area contributed by atoms with Crippen LogP contribution in [0, 0.1) is 17.3 Å². The molecule has 1 heterocycles. The fourth-order valence-corrected chi connectivity index (χ4v) is 5.61. The molecule has 0 fully saturated rings. The minimum Gasteiger partial charge on any atom is -0.304 e. The summed E-state index contributed by atoms with van der Waals surface area (Å²) >= 11 is 0. The van der Waals surface area contributed by atoms with E-state index in [4.69, 9.17) is 0 Å². The van der Waals surface area contributed by atoms with Crippen LogP contribution in [-0.4, -0.2) is 49.1 Å². The van der Waals surface area contributed by atoms with Crippen LogP contribution in [0.4, 0.5) is 0 Å². The molecule has 0 saturated heterocycles. The number of unbranched alkanes of at least 4 members (excludes halogenated alkanes) is 1. The molecule has 0 bridgehead atoms. The van der Waals surface area contributed by atoms with Crippen LogP contribution in [0.25, 0.3) is 0 Å². The average Bonchev–Trinajstić information content (AvgIpc) is 2.75. The van der Waals surface area contributed by atoms with Crippen molar-refractivity contribution >= 4 is 0 Å². The van der Waals surface area contributed by atoms with Crippen molar-refractivity contribution in [3.05, 3.63) is 36.0 Å². The van der Waals surface area contributed by atoms with Crippen LogP contribution in [0.3, 0.4) is 0 Å². The van der Waals surface area contributed by atoms with Crippen molar-refractivity contribution in [1.82, 2.24) is 9.80 Å². The van der Waals surface area contributed by atoms with Gasteiger partial charge in [0, 0.05) is 18.5 Å². The van der Waals surface area contributed by atoms with Crippen molar-refractivity contribution in [3.63, 3.8) is 0 Å². The van der Waals surface area contributed by atoms with Crippen molar-refractivity contribution < 1.29 is 0 Å². The summed E-state index contributed by atoms with van der Waals surface area (Å²) < 4.78 is 0. The lowest BCUT2D eigenvalue weighted by molar-refractivity contribution is 0.0426. The second kappa shape index (κ2) is 13.4. The number of likely N-dealkylation sites (N-methyl/N-ethyl adjacent to an activating group) is 1. The normalized spacial score (nSPS) is 23.2. The highest BCUT2D eigenvalue weighted by atomic mass is 15.1. The smallest absolute Gasteiger partial charge is 0.0236 e. The van der Waals surface area contributed by atoms with Gasteiger partial charge in [-0.1, -0.05) is 85.6 Å². The largest absolute Gasteiger partial charge is 0.304 e. The van der Waals surface area contributed by atoms with E-state index in [-0.39, 0.29) is 5.41 Å². The first-order valence-corrected chi connectivity index (χ1v) is 12.4. The lowest BCUT2D eigenvalue weighted by Crippen LogP contribution is -2.52. The molecule has 1 rings (SSSR count). The predicted octanol–water partition coefficient (Wildman–Crippen LogP) is 6.95. The molecule has 2 heteroatoms. The lowest BCUT2D eigenvalue weighted by Gasteiger charge is -2.53. The van der Waals surface area contributed by atoms with Crippen LogP contribution >= 0.6 is 0 Å². The van der Waals surface area contributed by atoms with Gasteiger partial charge in [-0.15, -0.1) is 0 Å². The molecule has 168 valence electrons. The van der Waals surface area contributed by atoms with Crippen molar-refractivity contribution in [1.29, 1.82) is 0 Å². The zero-order valence-corrected chi connectivity index (χ0v) is 20.8. The summed E-state index contributed by atoms with van der Waals surface area (Å²) in [5, 5.41) is 0. The topological polar surface area (TPSA) is 6.48 Å². The van der Waals surface area contributed by atoms with Gasteiger partial charge in [0.15, 0.2) is 0 Å². The van der Waals surface area contributed by atoms with Gasteiger partial charge in [-0.25, -0.2) is 0 Å². The molecule has 0 spiro atoms. The Morgan fingerprint density at radius 2 is 1.83 bits per heavy atom. The Labute approximate surface area is 183 Å². The maximum atomic E-state index is 4.23. The van der Waals surface area contributed by atoms with Gasteiger partial charge in [-0.3, -0.25) is 4.90 Å². The third-order valence-electron chi connectivity index (χ3n) is 7.53. The van der Waals surface area contributed by atoms with Gasteiger partial charge < -0.3 is 4.90 Å². The van der Waals surface area contributed by atoms with Crippen molar-refractivity contribution in [3.8, 4) is 0 Å². The van der Waals surface area contributed by atoms with Gasteiger partial charge in [0.05, 0.1) is 0 Å². The summed E-state index contributed by atoms with van der Waals surface area (Å²) in [6.45, 7) is 27.5. The molecular formula is C27H50N2. The van der Waals surface area contributed by atoms with E-state index in [9.17, 15) is 0 Å². The SMILES string of the molecule is C=CC1=C(/C=C\C)C(C(C)CCCC)(C(CC)CCN(CC)CC)CN(CC)C1. The molecule has 3 unspecified atom stereocenters. The predicted molar refractivity (Wildman–Crippen MR) is 131 cm³/mol. The Balaban J connectivity index is 3.51. The maximum Gasteiger partial charge on any atom is 0.0236 e. The Kier molecular flexibility index (Phi) is 12.1. The van der Waals surface area contributed by atoms with E-state index in [1.165, 1.54) is 50.8 Å². The monoisotopic (exact) mass is 402 g/mol. The molecule has 1 aliphatic rings. The van der Waals surface area contributed by atoms with E-state index in [0.29, 0.717) is 11.8 Å². The van der Waals surface area contributed by atoms with Crippen LogP contribution in [0.1, 0.15) is 80.6 Å². The molecule has 0 radical (unpaired) electrons. The minimum absolute atomic E-state index is 0.224. The third kappa shape index (κ3) is 6.31. The van der Waals surface area contributed by atoms with Crippen molar-refractivity contribution in [2.24, 2.45) is 17.3 Å². The highest BCUT2D eigenvalue weighted by Crippen LogP contribution is 2.52. The summed E-state index contributed by atoms with van der Waals surface area (Å²) in [5.41, 5.74) is 3.28. The van der Waals surface area contributed by atoms with Crippen LogP contribution in [0.2, 0.25) is 0 Å². The highest BCUT2D eigenvalue weighted by Gasteiger charge is 2.48. The lowest BCUT2D eigenvalue weighted by atomic mass is 9.57. The molecule has 2 nitrogen and oxygen atoms in total. The summed E-state index contributed by atoms with van der Waals surface area (Å²) in [4.78, 5) is 5.27. The summed E-state index contributed by atoms with van der Waals surface area (Å²) in [5.74, 6) is 1.38. The molecule has 0 amide bonds. The molecule has 1 aliphatic heterocycles. The van der Waals surface area contributed by atoms with Gasteiger partial charge in [0.1, 0.15) is 0 Å². The number of nitrogens with zero attached hydrogens (tertiary/aromatic N) is 2. The van der Waals surface area contributed by atoms with Gasteiger partial charge in [-0.2, -0.15) is 0 Å². The van der Waals surface area contributed by atoms with Gasteiger partial charge in [0.2, 0.25) is 0 Å². The quantitative estimate of drug-likeness (QED) is 0.310. The maximum absolute atomic E-state index is 4.23. The molecular weight excluding hydrogens is 352 g/mol.